The summed E-state index contributed by atoms with van der Waals surface area (Å²) >= 11 is 0. The van der Waals surface area contributed by atoms with Crippen molar-refractivity contribution in [2.75, 3.05) is 18.4 Å². The van der Waals surface area contributed by atoms with Crippen molar-refractivity contribution in [2.45, 2.75) is 19.3 Å². The summed E-state index contributed by atoms with van der Waals surface area (Å²) in [7, 11) is 0. The van der Waals surface area contributed by atoms with Crippen LogP contribution in [0.5, 0.6) is 0 Å². The molecule has 1 amide bonds. The van der Waals surface area contributed by atoms with Crippen molar-refractivity contribution in [3.8, 4) is 0 Å². The zero-order chi connectivity index (χ0) is 13.7. The summed E-state index contributed by atoms with van der Waals surface area (Å²) in [5.74, 6) is 0.373. The van der Waals surface area contributed by atoms with Crippen molar-refractivity contribution in [3.63, 3.8) is 0 Å². The fourth-order valence-electron chi connectivity index (χ4n) is 2.25. The first-order valence-corrected chi connectivity index (χ1v) is 6.41. The number of amides is 1. The third kappa shape index (κ3) is 3.75. The molecule has 1 aliphatic rings. The molecule has 1 aromatic carbocycles. The lowest BCUT2D eigenvalue weighted by Crippen LogP contribution is -2.15. The first-order chi connectivity index (χ1) is 9.16. The molecule has 2 N–H and O–H groups in total. The largest absolute Gasteiger partial charge is 0.320 e. The van der Waals surface area contributed by atoms with Gasteiger partial charge in [-0.1, -0.05) is 12.1 Å². The number of carbonyl (C=O) groups excluding carboxylic acids is 1. The smallest absolute Gasteiger partial charge is 0.292 e. The van der Waals surface area contributed by atoms with Crippen LogP contribution < -0.4 is 10.6 Å². The molecular weight excluding hydrogens is 246 g/mol. The Balaban J connectivity index is 1.89. The van der Waals surface area contributed by atoms with Crippen LogP contribution in [0.15, 0.2) is 24.3 Å². The maximum absolute atomic E-state index is 11.8. The Morgan fingerprint density at radius 2 is 2.26 bits per heavy atom. The van der Waals surface area contributed by atoms with Gasteiger partial charge in [0, 0.05) is 12.5 Å². The standard InChI is InChI=1S/C13H17N3O3/c17-13(6-5-10-7-8-14-9-10)15-11-3-1-2-4-12(11)16(18)19/h1-4,10,14H,5-9H2,(H,15,17). The first kappa shape index (κ1) is 13.5. The van der Waals surface area contributed by atoms with Crippen LogP contribution in [0.25, 0.3) is 0 Å². The van der Waals surface area contributed by atoms with E-state index in [0.717, 1.165) is 25.9 Å². The van der Waals surface area contributed by atoms with Gasteiger partial charge in [0.1, 0.15) is 5.69 Å². The number of rotatable bonds is 5. The van der Waals surface area contributed by atoms with Gasteiger partial charge >= 0.3 is 0 Å². The molecule has 1 saturated heterocycles. The van der Waals surface area contributed by atoms with E-state index >= 15 is 0 Å². The third-order valence-electron chi connectivity index (χ3n) is 3.32. The number of para-hydroxylation sites is 2. The van der Waals surface area contributed by atoms with Crippen molar-refractivity contribution in [1.82, 2.24) is 5.32 Å². The molecule has 0 aromatic heterocycles. The summed E-state index contributed by atoms with van der Waals surface area (Å²) in [5.41, 5.74) is 0.195. The predicted octanol–water partition coefficient (Wildman–Crippen LogP) is 1.92. The molecule has 1 heterocycles. The van der Waals surface area contributed by atoms with Crippen LogP contribution in [0, 0.1) is 16.0 Å². The molecule has 6 nitrogen and oxygen atoms in total. The van der Waals surface area contributed by atoms with Crippen LogP contribution in [-0.4, -0.2) is 23.9 Å². The Morgan fingerprint density at radius 1 is 1.47 bits per heavy atom. The van der Waals surface area contributed by atoms with Crippen molar-refractivity contribution < 1.29 is 9.72 Å². The normalized spacial score (nSPS) is 18.2. The Kier molecular flexibility index (Phi) is 4.46. The van der Waals surface area contributed by atoms with Gasteiger partial charge in [0.05, 0.1) is 4.92 Å². The van der Waals surface area contributed by atoms with Gasteiger partial charge in [-0.25, -0.2) is 0 Å². The minimum absolute atomic E-state index is 0.0709. The minimum atomic E-state index is -0.490. The topological polar surface area (TPSA) is 84.3 Å². The molecule has 1 aliphatic heterocycles. The molecule has 1 atom stereocenters. The van der Waals surface area contributed by atoms with Crippen molar-refractivity contribution in [3.05, 3.63) is 34.4 Å². The Bertz CT molecular complexity index is 470. The van der Waals surface area contributed by atoms with Gasteiger partial charge in [0.2, 0.25) is 5.91 Å². The van der Waals surface area contributed by atoms with Gasteiger partial charge < -0.3 is 10.6 Å². The van der Waals surface area contributed by atoms with E-state index in [9.17, 15) is 14.9 Å². The Labute approximate surface area is 111 Å². The van der Waals surface area contributed by atoms with Gasteiger partial charge in [-0.3, -0.25) is 14.9 Å². The quantitative estimate of drug-likeness (QED) is 0.628. The third-order valence-corrected chi connectivity index (χ3v) is 3.32. The van der Waals surface area contributed by atoms with E-state index in [1.165, 1.54) is 6.07 Å². The van der Waals surface area contributed by atoms with Gasteiger partial charge in [0.25, 0.3) is 5.69 Å². The first-order valence-electron chi connectivity index (χ1n) is 6.41. The summed E-state index contributed by atoms with van der Waals surface area (Å²) in [4.78, 5) is 22.1. The second-order valence-corrected chi connectivity index (χ2v) is 4.72. The molecule has 1 aromatic rings. The molecule has 0 saturated carbocycles. The van der Waals surface area contributed by atoms with E-state index in [-0.39, 0.29) is 17.3 Å². The number of anilines is 1. The molecule has 102 valence electrons. The highest BCUT2D eigenvalue weighted by atomic mass is 16.6. The molecule has 2 rings (SSSR count). The van der Waals surface area contributed by atoms with E-state index in [1.807, 2.05) is 0 Å². The Morgan fingerprint density at radius 3 is 2.95 bits per heavy atom. The minimum Gasteiger partial charge on any atom is -0.320 e. The number of nitrogens with zero attached hydrogens (tertiary/aromatic N) is 1. The number of nitrogens with one attached hydrogen (secondary N) is 2. The van der Waals surface area contributed by atoms with Crippen molar-refractivity contribution in [1.29, 1.82) is 0 Å². The number of nitro benzene ring substituents is 1. The molecule has 1 fully saturated rings. The van der Waals surface area contributed by atoms with E-state index in [0.29, 0.717) is 12.3 Å². The lowest BCUT2D eigenvalue weighted by atomic mass is 10.0. The number of carbonyl (C=O) groups is 1. The van der Waals surface area contributed by atoms with Crippen molar-refractivity contribution >= 4 is 17.3 Å². The number of hydrogen-bond donors (Lipinski definition) is 2. The SMILES string of the molecule is O=C(CCC1CCNC1)Nc1ccccc1[N+](=O)[O-]. The Hall–Kier alpha value is -1.95. The highest BCUT2D eigenvalue weighted by molar-refractivity contribution is 5.92. The fourth-order valence-corrected chi connectivity index (χ4v) is 2.25. The number of benzene rings is 1. The predicted molar refractivity (Wildman–Crippen MR) is 71.9 cm³/mol. The summed E-state index contributed by atoms with van der Waals surface area (Å²) in [6.07, 6.45) is 2.32. The summed E-state index contributed by atoms with van der Waals surface area (Å²) in [6, 6.07) is 6.19. The average molecular weight is 263 g/mol. The van der Waals surface area contributed by atoms with Gasteiger partial charge in [-0.05, 0) is 37.9 Å². The highest BCUT2D eigenvalue weighted by Gasteiger charge is 2.18. The van der Waals surface area contributed by atoms with Gasteiger partial charge in [-0.2, -0.15) is 0 Å². The molecule has 6 heteroatoms. The van der Waals surface area contributed by atoms with Crippen LogP contribution in [0.1, 0.15) is 19.3 Å². The van der Waals surface area contributed by atoms with Crippen LogP contribution in [-0.2, 0) is 4.79 Å². The molecular formula is C13H17N3O3. The second-order valence-electron chi connectivity index (χ2n) is 4.72. The molecule has 19 heavy (non-hydrogen) atoms. The van der Waals surface area contributed by atoms with E-state index in [2.05, 4.69) is 10.6 Å². The van der Waals surface area contributed by atoms with Crippen LogP contribution >= 0.6 is 0 Å². The summed E-state index contributed by atoms with van der Waals surface area (Å²) in [6.45, 7) is 1.97. The van der Waals surface area contributed by atoms with Crippen LogP contribution in [0.3, 0.4) is 0 Å². The van der Waals surface area contributed by atoms with Crippen molar-refractivity contribution in [2.24, 2.45) is 5.92 Å². The van der Waals surface area contributed by atoms with Crippen LogP contribution in [0.2, 0.25) is 0 Å². The van der Waals surface area contributed by atoms with Crippen LogP contribution in [0.4, 0.5) is 11.4 Å². The second kappa shape index (κ2) is 6.29. The maximum atomic E-state index is 11.8. The maximum Gasteiger partial charge on any atom is 0.292 e. The summed E-state index contributed by atoms with van der Waals surface area (Å²) < 4.78 is 0. The molecule has 0 radical (unpaired) electrons. The number of nitro groups is 1. The molecule has 0 spiro atoms. The average Bonchev–Trinajstić information content (AvgIpc) is 2.90. The molecule has 0 aliphatic carbocycles. The summed E-state index contributed by atoms with van der Waals surface area (Å²) in [5, 5.41) is 16.7. The van der Waals surface area contributed by atoms with Gasteiger partial charge in [-0.15, -0.1) is 0 Å². The fraction of sp³-hybridized carbons (Fsp3) is 0.462. The van der Waals surface area contributed by atoms with E-state index < -0.39 is 4.92 Å². The zero-order valence-corrected chi connectivity index (χ0v) is 10.6. The van der Waals surface area contributed by atoms with E-state index in [4.69, 9.17) is 0 Å². The van der Waals surface area contributed by atoms with E-state index in [1.54, 1.807) is 18.2 Å². The van der Waals surface area contributed by atoms with Gasteiger partial charge in [0.15, 0.2) is 0 Å². The lowest BCUT2D eigenvalue weighted by Gasteiger charge is -2.08. The zero-order valence-electron chi connectivity index (χ0n) is 10.6. The monoisotopic (exact) mass is 263 g/mol. The highest BCUT2D eigenvalue weighted by Crippen LogP contribution is 2.23. The number of hydrogen-bond acceptors (Lipinski definition) is 4. The molecule has 0 bridgehead atoms. The molecule has 1 unspecified atom stereocenters. The lowest BCUT2D eigenvalue weighted by molar-refractivity contribution is -0.383.